The fourth-order valence-corrected chi connectivity index (χ4v) is 2.98. The molecule has 1 saturated heterocycles. The predicted molar refractivity (Wildman–Crippen MR) is 74.3 cm³/mol. The fraction of sp³-hybridized carbons (Fsp3) is 1.00. The van der Waals surface area contributed by atoms with Gasteiger partial charge in [-0.2, -0.15) is 0 Å². The van der Waals surface area contributed by atoms with Gasteiger partial charge in [0.05, 0.1) is 6.61 Å². The lowest BCUT2D eigenvalue weighted by molar-refractivity contribution is 0.130. The van der Waals surface area contributed by atoms with Crippen molar-refractivity contribution in [2.24, 2.45) is 17.3 Å². The van der Waals surface area contributed by atoms with E-state index >= 15 is 0 Å². The molecule has 1 fully saturated rings. The Balaban J connectivity index is 2.39. The van der Waals surface area contributed by atoms with Crippen LogP contribution in [0.25, 0.3) is 0 Å². The first-order chi connectivity index (χ1) is 8.08. The molecule has 0 aliphatic carbocycles. The lowest BCUT2D eigenvalue weighted by atomic mass is 9.77. The maximum Gasteiger partial charge on any atom is 0.0535 e. The maximum absolute atomic E-state index is 5.66. The van der Waals surface area contributed by atoms with Crippen LogP contribution in [0.15, 0.2) is 0 Å². The number of nitrogens with one attached hydrogen (secondary N) is 1. The third-order valence-electron chi connectivity index (χ3n) is 3.80. The van der Waals surface area contributed by atoms with E-state index < -0.39 is 0 Å². The van der Waals surface area contributed by atoms with E-state index in [-0.39, 0.29) is 0 Å². The number of hydrogen-bond donors (Lipinski definition) is 1. The van der Waals surface area contributed by atoms with E-state index in [2.05, 4.69) is 33.0 Å². The zero-order valence-corrected chi connectivity index (χ0v) is 12.2. The Hall–Kier alpha value is -0.0800. The van der Waals surface area contributed by atoms with Gasteiger partial charge in [-0.3, -0.25) is 0 Å². The zero-order valence-electron chi connectivity index (χ0n) is 12.2. The van der Waals surface area contributed by atoms with E-state index in [0.29, 0.717) is 5.41 Å². The number of ether oxygens (including phenoxy) is 1. The molecule has 0 bridgehead atoms. The molecule has 0 aromatic carbocycles. The van der Waals surface area contributed by atoms with E-state index in [1.165, 1.54) is 25.7 Å². The summed E-state index contributed by atoms with van der Waals surface area (Å²) in [6.45, 7) is 13.4. The SMILES string of the molecule is CCCC(C)CC1(CNCC(C)C)CCOC1. The van der Waals surface area contributed by atoms with Crippen LogP contribution in [0.3, 0.4) is 0 Å². The molecule has 102 valence electrons. The van der Waals surface area contributed by atoms with Crippen molar-refractivity contribution < 1.29 is 4.74 Å². The summed E-state index contributed by atoms with van der Waals surface area (Å²) in [5.41, 5.74) is 0.420. The average molecular weight is 241 g/mol. The van der Waals surface area contributed by atoms with Crippen molar-refractivity contribution in [3.05, 3.63) is 0 Å². The minimum Gasteiger partial charge on any atom is -0.381 e. The quantitative estimate of drug-likeness (QED) is 0.702. The maximum atomic E-state index is 5.66. The molecule has 1 aliphatic heterocycles. The molecule has 0 radical (unpaired) electrons. The molecule has 0 aromatic heterocycles. The number of hydrogen-bond acceptors (Lipinski definition) is 2. The van der Waals surface area contributed by atoms with Gasteiger partial charge in [0.2, 0.25) is 0 Å². The third-order valence-corrected chi connectivity index (χ3v) is 3.80. The van der Waals surface area contributed by atoms with Crippen molar-refractivity contribution in [2.75, 3.05) is 26.3 Å². The van der Waals surface area contributed by atoms with Gasteiger partial charge in [0.15, 0.2) is 0 Å². The van der Waals surface area contributed by atoms with Crippen molar-refractivity contribution >= 4 is 0 Å². The van der Waals surface area contributed by atoms with Crippen LogP contribution in [0.5, 0.6) is 0 Å². The molecule has 0 aromatic rings. The summed E-state index contributed by atoms with van der Waals surface area (Å²) in [6, 6.07) is 0. The summed E-state index contributed by atoms with van der Waals surface area (Å²) >= 11 is 0. The topological polar surface area (TPSA) is 21.3 Å². The van der Waals surface area contributed by atoms with E-state index in [1.807, 2.05) is 0 Å². The van der Waals surface area contributed by atoms with Gasteiger partial charge in [0.1, 0.15) is 0 Å². The molecule has 2 heteroatoms. The molecule has 2 unspecified atom stereocenters. The van der Waals surface area contributed by atoms with Crippen LogP contribution in [0, 0.1) is 17.3 Å². The highest BCUT2D eigenvalue weighted by Gasteiger charge is 2.35. The van der Waals surface area contributed by atoms with Gasteiger partial charge in [-0.15, -0.1) is 0 Å². The molecule has 2 atom stereocenters. The highest BCUT2D eigenvalue weighted by atomic mass is 16.5. The van der Waals surface area contributed by atoms with Crippen LogP contribution < -0.4 is 5.32 Å². The van der Waals surface area contributed by atoms with E-state index in [0.717, 1.165) is 38.1 Å². The van der Waals surface area contributed by atoms with Gasteiger partial charge >= 0.3 is 0 Å². The molecule has 0 saturated carbocycles. The molecule has 0 amide bonds. The van der Waals surface area contributed by atoms with Gasteiger partial charge in [0.25, 0.3) is 0 Å². The molecule has 2 nitrogen and oxygen atoms in total. The molecular formula is C15H31NO. The van der Waals surface area contributed by atoms with E-state index in [4.69, 9.17) is 4.74 Å². The van der Waals surface area contributed by atoms with Gasteiger partial charge in [-0.25, -0.2) is 0 Å². The van der Waals surface area contributed by atoms with E-state index in [1.54, 1.807) is 0 Å². The normalized spacial score (nSPS) is 26.6. The zero-order chi connectivity index (χ0) is 12.7. The summed E-state index contributed by atoms with van der Waals surface area (Å²) in [4.78, 5) is 0. The molecule has 1 N–H and O–H groups in total. The van der Waals surface area contributed by atoms with Crippen LogP contribution in [0.2, 0.25) is 0 Å². The third kappa shape index (κ3) is 5.39. The predicted octanol–water partition coefficient (Wildman–Crippen LogP) is 3.47. The summed E-state index contributed by atoms with van der Waals surface area (Å²) in [5, 5.41) is 3.64. The molecular weight excluding hydrogens is 210 g/mol. The fourth-order valence-electron chi connectivity index (χ4n) is 2.98. The first-order valence-corrected chi connectivity index (χ1v) is 7.36. The molecule has 1 rings (SSSR count). The minimum absolute atomic E-state index is 0.420. The van der Waals surface area contributed by atoms with Crippen molar-refractivity contribution in [3.8, 4) is 0 Å². The summed E-state index contributed by atoms with van der Waals surface area (Å²) in [6.07, 6.45) is 5.22. The first-order valence-electron chi connectivity index (χ1n) is 7.36. The Kier molecular flexibility index (Phi) is 6.50. The lowest BCUT2D eigenvalue weighted by Gasteiger charge is -2.31. The summed E-state index contributed by atoms with van der Waals surface area (Å²) in [7, 11) is 0. The lowest BCUT2D eigenvalue weighted by Crippen LogP contribution is -2.37. The molecule has 1 heterocycles. The summed E-state index contributed by atoms with van der Waals surface area (Å²) in [5.74, 6) is 1.57. The Morgan fingerprint density at radius 2 is 2.06 bits per heavy atom. The number of rotatable bonds is 8. The van der Waals surface area contributed by atoms with E-state index in [9.17, 15) is 0 Å². The molecule has 0 spiro atoms. The monoisotopic (exact) mass is 241 g/mol. The molecule has 1 aliphatic rings. The Morgan fingerprint density at radius 3 is 2.59 bits per heavy atom. The van der Waals surface area contributed by atoms with Gasteiger partial charge in [-0.05, 0) is 31.2 Å². The van der Waals surface area contributed by atoms with Crippen molar-refractivity contribution in [1.82, 2.24) is 5.32 Å². The van der Waals surface area contributed by atoms with Crippen LogP contribution in [-0.2, 0) is 4.74 Å². The second kappa shape index (κ2) is 7.38. The largest absolute Gasteiger partial charge is 0.381 e. The smallest absolute Gasteiger partial charge is 0.0535 e. The van der Waals surface area contributed by atoms with Gasteiger partial charge in [-0.1, -0.05) is 40.5 Å². The van der Waals surface area contributed by atoms with Gasteiger partial charge < -0.3 is 10.1 Å². The van der Waals surface area contributed by atoms with Crippen LogP contribution in [0.4, 0.5) is 0 Å². The summed E-state index contributed by atoms with van der Waals surface area (Å²) < 4.78 is 5.66. The highest BCUT2D eigenvalue weighted by molar-refractivity contribution is 4.87. The van der Waals surface area contributed by atoms with Crippen molar-refractivity contribution in [2.45, 2.75) is 53.4 Å². The van der Waals surface area contributed by atoms with Gasteiger partial charge in [0, 0.05) is 18.6 Å². The van der Waals surface area contributed by atoms with Crippen LogP contribution in [-0.4, -0.2) is 26.3 Å². The van der Waals surface area contributed by atoms with Crippen LogP contribution in [0.1, 0.15) is 53.4 Å². The van der Waals surface area contributed by atoms with Crippen molar-refractivity contribution in [1.29, 1.82) is 0 Å². The van der Waals surface area contributed by atoms with Crippen LogP contribution >= 0.6 is 0 Å². The minimum atomic E-state index is 0.420. The standard InChI is InChI=1S/C15H31NO/c1-5-6-14(4)9-15(7-8-17-12-15)11-16-10-13(2)3/h13-14,16H,5-12H2,1-4H3. The Bertz CT molecular complexity index is 197. The average Bonchev–Trinajstić information content (AvgIpc) is 2.66. The molecule has 17 heavy (non-hydrogen) atoms. The highest BCUT2D eigenvalue weighted by Crippen LogP contribution is 2.36. The Morgan fingerprint density at radius 1 is 1.29 bits per heavy atom. The van der Waals surface area contributed by atoms with Crippen molar-refractivity contribution in [3.63, 3.8) is 0 Å². The second-order valence-corrected chi connectivity index (χ2v) is 6.43. The Labute approximate surface area is 108 Å². The second-order valence-electron chi connectivity index (χ2n) is 6.43. The first kappa shape index (κ1) is 15.0.